The third-order valence-corrected chi connectivity index (χ3v) is 5.83. The van der Waals surface area contributed by atoms with Crippen LogP contribution in [0, 0.1) is 11.6 Å². The van der Waals surface area contributed by atoms with Gasteiger partial charge in [0.25, 0.3) is 0 Å². The zero-order valence-electron chi connectivity index (χ0n) is 17.5. The zero-order valence-corrected chi connectivity index (χ0v) is 17.5. The number of halogens is 2. The first-order chi connectivity index (χ1) is 15.4. The molecule has 32 heavy (non-hydrogen) atoms. The van der Waals surface area contributed by atoms with Crippen LogP contribution in [-0.4, -0.2) is 78.2 Å². The van der Waals surface area contributed by atoms with Crippen LogP contribution in [-0.2, 0) is 20.9 Å². The number of carbonyl (C=O) groups is 3. The molecule has 9 heteroatoms. The van der Waals surface area contributed by atoms with Gasteiger partial charge < -0.3 is 19.6 Å². The van der Waals surface area contributed by atoms with Gasteiger partial charge in [-0.1, -0.05) is 12.1 Å². The summed E-state index contributed by atoms with van der Waals surface area (Å²) in [6.45, 7) is 2.86. The molecule has 0 unspecified atom stereocenters. The predicted octanol–water partition coefficient (Wildman–Crippen LogP) is 1.48. The second kappa shape index (κ2) is 9.33. The van der Waals surface area contributed by atoms with Crippen molar-refractivity contribution in [3.8, 4) is 0 Å². The number of anilines is 1. The van der Waals surface area contributed by atoms with Crippen LogP contribution in [0.1, 0.15) is 5.56 Å². The van der Waals surface area contributed by atoms with Gasteiger partial charge in [-0.25, -0.2) is 8.78 Å². The zero-order chi connectivity index (χ0) is 22.7. The van der Waals surface area contributed by atoms with E-state index in [1.54, 1.807) is 29.2 Å². The molecule has 2 fully saturated rings. The van der Waals surface area contributed by atoms with Crippen molar-refractivity contribution in [1.29, 1.82) is 0 Å². The van der Waals surface area contributed by atoms with E-state index >= 15 is 0 Å². The lowest BCUT2D eigenvalue weighted by molar-refractivity contribution is -0.158. The van der Waals surface area contributed by atoms with E-state index in [9.17, 15) is 23.2 Å². The number of carbonyl (C=O) groups excluding carboxylic acids is 3. The normalized spacial score (nSPS) is 17.2. The molecule has 0 spiro atoms. The lowest BCUT2D eigenvalue weighted by atomic mass is 10.2. The Morgan fingerprint density at radius 3 is 1.88 bits per heavy atom. The highest BCUT2D eigenvalue weighted by Crippen LogP contribution is 2.17. The lowest BCUT2D eigenvalue weighted by Gasteiger charge is -2.38. The minimum atomic E-state index is -0.698. The van der Waals surface area contributed by atoms with Crippen LogP contribution in [0.5, 0.6) is 0 Å². The fourth-order valence-electron chi connectivity index (χ4n) is 3.96. The number of piperazine rings is 2. The van der Waals surface area contributed by atoms with Crippen LogP contribution in [0.25, 0.3) is 0 Å². The fraction of sp³-hybridized carbons (Fsp3) is 0.348. The smallest absolute Gasteiger partial charge is 0.312 e. The molecule has 0 bridgehead atoms. The van der Waals surface area contributed by atoms with Crippen LogP contribution in [0.2, 0.25) is 0 Å². The second-order valence-electron chi connectivity index (χ2n) is 7.92. The molecule has 0 saturated carbocycles. The molecule has 0 aliphatic carbocycles. The van der Waals surface area contributed by atoms with Gasteiger partial charge in [-0.15, -0.1) is 0 Å². The summed E-state index contributed by atoms with van der Waals surface area (Å²) in [5.74, 6) is -2.21. The Labute approximate surface area is 184 Å². The first-order valence-electron chi connectivity index (χ1n) is 10.5. The van der Waals surface area contributed by atoms with Gasteiger partial charge in [-0.3, -0.25) is 14.4 Å². The number of benzene rings is 2. The van der Waals surface area contributed by atoms with E-state index in [0.29, 0.717) is 32.7 Å². The highest BCUT2D eigenvalue weighted by atomic mass is 19.1. The minimum absolute atomic E-state index is 0.133. The molecule has 2 saturated heterocycles. The summed E-state index contributed by atoms with van der Waals surface area (Å²) in [6.07, 6.45) is 0. The Kier molecular flexibility index (Phi) is 6.34. The van der Waals surface area contributed by atoms with E-state index < -0.39 is 11.8 Å². The molecule has 2 aliphatic rings. The summed E-state index contributed by atoms with van der Waals surface area (Å²) in [7, 11) is 0. The van der Waals surface area contributed by atoms with E-state index in [1.165, 1.54) is 34.1 Å². The van der Waals surface area contributed by atoms with Crippen molar-refractivity contribution in [2.75, 3.05) is 50.7 Å². The predicted molar refractivity (Wildman–Crippen MR) is 114 cm³/mol. The molecular weight excluding hydrogens is 418 g/mol. The number of rotatable bonds is 5. The molecule has 168 valence electrons. The summed E-state index contributed by atoms with van der Waals surface area (Å²) in [5, 5.41) is 0. The fourth-order valence-corrected chi connectivity index (χ4v) is 3.96. The van der Waals surface area contributed by atoms with Gasteiger partial charge in [0, 0.05) is 51.5 Å². The SMILES string of the molecule is O=C(CN1CCN(Cc2ccc(F)cc2)C(=O)C1=O)N1CCN(c2ccc(F)cc2)CC1. The van der Waals surface area contributed by atoms with Gasteiger partial charge in [-0.05, 0) is 42.0 Å². The van der Waals surface area contributed by atoms with E-state index in [0.717, 1.165) is 11.3 Å². The number of amides is 3. The molecule has 0 aromatic heterocycles. The highest BCUT2D eigenvalue weighted by molar-refractivity contribution is 6.35. The summed E-state index contributed by atoms with van der Waals surface area (Å²) in [6, 6.07) is 12.0. The van der Waals surface area contributed by atoms with Crippen LogP contribution in [0.3, 0.4) is 0 Å². The minimum Gasteiger partial charge on any atom is -0.368 e. The number of hydrogen-bond donors (Lipinski definition) is 0. The standard InChI is InChI=1S/C23H24F2N4O3/c24-18-3-1-17(2-4-18)15-28-13-14-29(23(32)22(28)31)16-21(30)27-11-9-26(10-12-27)20-7-5-19(25)6-8-20/h1-8H,9-16H2. The molecule has 3 amide bonds. The van der Waals surface area contributed by atoms with Gasteiger partial charge in [0.05, 0.1) is 0 Å². The molecule has 0 radical (unpaired) electrons. The van der Waals surface area contributed by atoms with Crippen LogP contribution in [0.4, 0.5) is 14.5 Å². The summed E-state index contributed by atoms with van der Waals surface area (Å²) < 4.78 is 26.2. The van der Waals surface area contributed by atoms with Crippen molar-refractivity contribution in [3.05, 3.63) is 65.7 Å². The Morgan fingerprint density at radius 2 is 1.25 bits per heavy atom. The average molecular weight is 442 g/mol. The largest absolute Gasteiger partial charge is 0.368 e. The molecule has 2 aromatic rings. The van der Waals surface area contributed by atoms with E-state index in [4.69, 9.17) is 0 Å². The molecule has 2 aliphatic heterocycles. The van der Waals surface area contributed by atoms with Crippen LogP contribution in [0.15, 0.2) is 48.5 Å². The number of hydrogen-bond acceptors (Lipinski definition) is 4. The molecule has 2 heterocycles. The quantitative estimate of drug-likeness (QED) is 0.659. The molecule has 0 atom stereocenters. The topological polar surface area (TPSA) is 64.2 Å². The highest BCUT2D eigenvalue weighted by Gasteiger charge is 2.34. The monoisotopic (exact) mass is 442 g/mol. The van der Waals surface area contributed by atoms with Crippen LogP contribution >= 0.6 is 0 Å². The Hall–Kier alpha value is -3.49. The Balaban J connectivity index is 1.27. The molecule has 2 aromatic carbocycles. The van der Waals surface area contributed by atoms with Gasteiger partial charge in [0.2, 0.25) is 5.91 Å². The summed E-state index contributed by atoms with van der Waals surface area (Å²) in [5.41, 5.74) is 1.63. The van der Waals surface area contributed by atoms with Crippen molar-refractivity contribution < 1.29 is 23.2 Å². The van der Waals surface area contributed by atoms with Crippen molar-refractivity contribution >= 4 is 23.4 Å². The van der Waals surface area contributed by atoms with Crippen molar-refractivity contribution in [2.24, 2.45) is 0 Å². The van der Waals surface area contributed by atoms with E-state index in [-0.39, 0.29) is 37.2 Å². The number of nitrogens with zero attached hydrogens (tertiary/aromatic N) is 4. The maximum Gasteiger partial charge on any atom is 0.312 e. The second-order valence-corrected chi connectivity index (χ2v) is 7.92. The van der Waals surface area contributed by atoms with Crippen LogP contribution < -0.4 is 4.90 Å². The van der Waals surface area contributed by atoms with Crippen molar-refractivity contribution in [2.45, 2.75) is 6.54 Å². The van der Waals surface area contributed by atoms with Gasteiger partial charge in [0.1, 0.15) is 18.2 Å². The molecule has 0 N–H and O–H groups in total. The van der Waals surface area contributed by atoms with E-state index in [1.807, 2.05) is 0 Å². The molecule has 7 nitrogen and oxygen atoms in total. The Bertz CT molecular complexity index is 989. The molecule has 4 rings (SSSR count). The third kappa shape index (κ3) is 4.87. The maximum absolute atomic E-state index is 13.1. The van der Waals surface area contributed by atoms with Gasteiger partial charge in [-0.2, -0.15) is 0 Å². The average Bonchev–Trinajstić information content (AvgIpc) is 2.81. The first kappa shape index (κ1) is 21.7. The lowest BCUT2D eigenvalue weighted by Crippen LogP contribution is -2.57. The Morgan fingerprint density at radius 1 is 0.719 bits per heavy atom. The van der Waals surface area contributed by atoms with Gasteiger partial charge in [0.15, 0.2) is 0 Å². The van der Waals surface area contributed by atoms with Crippen molar-refractivity contribution in [3.63, 3.8) is 0 Å². The molecular formula is C23H24F2N4O3. The maximum atomic E-state index is 13.1. The van der Waals surface area contributed by atoms with Crippen molar-refractivity contribution in [1.82, 2.24) is 14.7 Å². The van der Waals surface area contributed by atoms with Gasteiger partial charge >= 0.3 is 11.8 Å². The van der Waals surface area contributed by atoms with E-state index in [2.05, 4.69) is 4.90 Å². The summed E-state index contributed by atoms with van der Waals surface area (Å²) in [4.78, 5) is 44.2. The third-order valence-electron chi connectivity index (χ3n) is 5.83. The summed E-state index contributed by atoms with van der Waals surface area (Å²) >= 11 is 0. The first-order valence-corrected chi connectivity index (χ1v) is 10.5.